The van der Waals surface area contributed by atoms with E-state index in [1.54, 1.807) is 18.7 Å². The predicted octanol–water partition coefficient (Wildman–Crippen LogP) is 2.65. The van der Waals surface area contributed by atoms with Crippen LogP contribution in [0.4, 0.5) is 0 Å². The lowest BCUT2D eigenvalue weighted by atomic mass is 10.1. The van der Waals surface area contributed by atoms with Crippen molar-refractivity contribution in [2.75, 3.05) is 19.8 Å². The van der Waals surface area contributed by atoms with Gasteiger partial charge in [0, 0.05) is 18.9 Å². The molecule has 7 heteroatoms. The summed E-state index contributed by atoms with van der Waals surface area (Å²) in [4.78, 5) is 19.2. The molecular formula is C17H17N3O4. The van der Waals surface area contributed by atoms with Gasteiger partial charge >= 0.3 is 0 Å². The summed E-state index contributed by atoms with van der Waals surface area (Å²) in [6.07, 6.45) is 0. The zero-order valence-corrected chi connectivity index (χ0v) is 13.5. The Morgan fingerprint density at radius 3 is 2.92 bits per heavy atom. The molecule has 7 nitrogen and oxygen atoms in total. The van der Waals surface area contributed by atoms with Gasteiger partial charge in [-0.2, -0.15) is 4.98 Å². The second kappa shape index (κ2) is 5.76. The van der Waals surface area contributed by atoms with Crippen LogP contribution in [0.2, 0.25) is 0 Å². The number of carbonyl (C=O) groups is 1. The Kier molecular flexibility index (Phi) is 3.57. The summed E-state index contributed by atoms with van der Waals surface area (Å²) in [6, 6.07) is 7.18. The van der Waals surface area contributed by atoms with Crippen LogP contribution in [-0.2, 0) is 4.74 Å². The van der Waals surface area contributed by atoms with Crippen LogP contribution in [0.5, 0.6) is 0 Å². The highest BCUT2D eigenvalue weighted by atomic mass is 16.5. The summed E-state index contributed by atoms with van der Waals surface area (Å²) < 4.78 is 16.3. The van der Waals surface area contributed by atoms with Crippen LogP contribution >= 0.6 is 0 Å². The molecule has 24 heavy (non-hydrogen) atoms. The molecule has 0 aliphatic carbocycles. The minimum atomic E-state index is -0.364. The molecule has 1 aliphatic rings. The maximum atomic E-state index is 13.2. The minimum absolute atomic E-state index is 0.104. The third kappa shape index (κ3) is 2.37. The first-order valence-electron chi connectivity index (χ1n) is 7.82. The van der Waals surface area contributed by atoms with Crippen LogP contribution in [0.25, 0.3) is 11.0 Å². The number of benzene rings is 1. The van der Waals surface area contributed by atoms with E-state index in [1.165, 1.54) is 0 Å². The molecule has 3 heterocycles. The second-order valence-electron chi connectivity index (χ2n) is 5.79. The molecule has 1 atom stereocenters. The summed E-state index contributed by atoms with van der Waals surface area (Å²) in [5, 5.41) is 4.77. The number of aryl methyl sites for hydroxylation is 2. The van der Waals surface area contributed by atoms with Crippen LogP contribution in [0.3, 0.4) is 0 Å². The fourth-order valence-electron chi connectivity index (χ4n) is 3.09. The molecule has 0 bridgehead atoms. The van der Waals surface area contributed by atoms with Gasteiger partial charge in [0.05, 0.1) is 18.8 Å². The van der Waals surface area contributed by atoms with Crippen molar-refractivity contribution < 1.29 is 18.5 Å². The number of aromatic nitrogens is 2. The average Bonchev–Trinajstić information content (AvgIpc) is 3.16. The lowest BCUT2D eigenvalue weighted by Crippen LogP contribution is -2.44. The van der Waals surface area contributed by atoms with Crippen molar-refractivity contribution >= 4 is 16.9 Å². The highest BCUT2D eigenvalue weighted by Gasteiger charge is 2.34. The van der Waals surface area contributed by atoms with E-state index >= 15 is 0 Å². The van der Waals surface area contributed by atoms with E-state index in [9.17, 15) is 4.79 Å². The molecule has 1 amide bonds. The number of morpholine rings is 1. The van der Waals surface area contributed by atoms with Crippen molar-refractivity contribution in [3.05, 3.63) is 47.3 Å². The standard InChI is InChI=1S/C17H17N3O4/c1-10-15(12-5-3-4-6-14(12)23-10)17(21)20-7-8-22-9-13(20)16-18-11(2)24-19-16/h3-6,13H,7-9H2,1-2H3. The van der Waals surface area contributed by atoms with Gasteiger partial charge in [0.25, 0.3) is 5.91 Å². The van der Waals surface area contributed by atoms with Crippen molar-refractivity contribution in [3.8, 4) is 0 Å². The molecule has 1 aliphatic heterocycles. The summed E-state index contributed by atoms with van der Waals surface area (Å²) in [7, 11) is 0. The number of fused-ring (bicyclic) bond motifs is 1. The maximum Gasteiger partial charge on any atom is 0.258 e. The van der Waals surface area contributed by atoms with Crippen molar-refractivity contribution in [2.24, 2.45) is 0 Å². The monoisotopic (exact) mass is 327 g/mol. The Balaban J connectivity index is 1.74. The van der Waals surface area contributed by atoms with E-state index in [0.717, 1.165) is 5.39 Å². The van der Waals surface area contributed by atoms with E-state index in [4.69, 9.17) is 13.7 Å². The van der Waals surface area contributed by atoms with Crippen molar-refractivity contribution in [3.63, 3.8) is 0 Å². The first kappa shape index (κ1) is 14.9. The topological polar surface area (TPSA) is 81.6 Å². The molecule has 0 spiro atoms. The molecule has 0 radical (unpaired) electrons. The molecule has 124 valence electrons. The van der Waals surface area contributed by atoms with Crippen molar-refractivity contribution in [1.82, 2.24) is 15.0 Å². The summed E-state index contributed by atoms with van der Waals surface area (Å²) in [6.45, 7) is 4.82. The van der Waals surface area contributed by atoms with Gasteiger partial charge in [-0.3, -0.25) is 4.79 Å². The number of nitrogens with zero attached hydrogens (tertiary/aromatic N) is 3. The molecule has 0 saturated carbocycles. The van der Waals surface area contributed by atoms with Crippen LogP contribution in [0.1, 0.15) is 33.9 Å². The van der Waals surface area contributed by atoms with Gasteiger partial charge in [0.15, 0.2) is 5.82 Å². The van der Waals surface area contributed by atoms with E-state index in [-0.39, 0.29) is 11.9 Å². The summed E-state index contributed by atoms with van der Waals surface area (Å²) >= 11 is 0. The molecule has 1 saturated heterocycles. The molecule has 2 aromatic heterocycles. The zero-order valence-electron chi connectivity index (χ0n) is 13.5. The van der Waals surface area contributed by atoms with Gasteiger partial charge in [-0.05, 0) is 13.0 Å². The van der Waals surface area contributed by atoms with E-state index in [2.05, 4.69) is 10.1 Å². The van der Waals surface area contributed by atoms with E-state index < -0.39 is 0 Å². The maximum absolute atomic E-state index is 13.2. The number of hydrogen-bond acceptors (Lipinski definition) is 6. The van der Waals surface area contributed by atoms with Crippen LogP contribution in [0.15, 0.2) is 33.2 Å². The highest BCUT2D eigenvalue weighted by molar-refractivity contribution is 6.07. The number of furan rings is 1. The zero-order chi connectivity index (χ0) is 16.7. The fourth-order valence-corrected chi connectivity index (χ4v) is 3.09. The Labute approximate surface area is 138 Å². The molecule has 1 unspecified atom stereocenters. The Bertz CT molecular complexity index is 898. The number of carbonyl (C=O) groups excluding carboxylic acids is 1. The summed E-state index contributed by atoms with van der Waals surface area (Å²) in [5.74, 6) is 1.43. The van der Waals surface area contributed by atoms with Gasteiger partial charge < -0.3 is 18.6 Å². The van der Waals surface area contributed by atoms with Gasteiger partial charge in [0.2, 0.25) is 5.89 Å². The van der Waals surface area contributed by atoms with Gasteiger partial charge in [-0.25, -0.2) is 0 Å². The minimum Gasteiger partial charge on any atom is -0.461 e. The van der Waals surface area contributed by atoms with Crippen LogP contribution < -0.4 is 0 Å². The number of ether oxygens (including phenoxy) is 1. The van der Waals surface area contributed by atoms with Gasteiger partial charge in [-0.15, -0.1) is 0 Å². The fraction of sp³-hybridized carbons (Fsp3) is 0.353. The third-order valence-electron chi connectivity index (χ3n) is 4.22. The highest BCUT2D eigenvalue weighted by Crippen LogP contribution is 2.30. The lowest BCUT2D eigenvalue weighted by Gasteiger charge is -2.33. The number of para-hydroxylation sites is 1. The first-order chi connectivity index (χ1) is 11.6. The predicted molar refractivity (Wildman–Crippen MR) is 84.6 cm³/mol. The largest absolute Gasteiger partial charge is 0.461 e. The van der Waals surface area contributed by atoms with Crippen LogP contribution in [-0.4, -0.2) is 40.7 Å². The third-order valence-corrected chi connectivity index (χ3v) is 4.22. The van der Waals surface area contributed by atoms with E-state index in [0.29, 0.717) is 48.4 Å². The molecule has 4 rings (SSSR count). The van der Waals surface area contributed by atoms with E-state index in [1.807, 2.05) is 24.3 Å². The second-order valence-corrected chi connectivity index (χ2v) is 5.79. The first-order valence-corrected chi connectivity index (χ1v) is 7.82. The molecular weight excluding hydrogens is 310 g/mol. The number of rotatable bonds is 2. The Hall–Kier alpha value is -2.67. The normalized spacial score (nSPS) is 18.2. The number of amides is 1. The smallest absolute Gasteiger partial charge is 0.258 e. The Morgan fingerprint density at radius 2 is 2.12 bits per heavy atom. The van der Waals surface area contributed by atoms with Crippen LogP contribution in [0, 0.1) is 13.8 Å². The van der Waals surface area contributed by atoms with Crippen molar-refractivity contribution in [1.29, 1.82) is 0 Å². The molecule has 3 aromatic rings. The molecule has 1 aromatic carbocycles. The van der Waals surface area contributed by atoms with Gasteiger partial charge in [-0.1, -0.05) is 23.4 Å². The quantitative estimate of drug-likeness (QED) is 0.720. The van der Waals surface area contributed by atoms with Gasteiger partial charge in [0.1, 0.15) is 17.4 Å². The number of hydrogen-bond donors (Lipinski definition) is 0. The molecule has 0 N–H and O–H groups in total. The average molecular weight is 327 g/mol. The summed E-state index contributed by atoms with van der Waals surface area (Å²) in [5.41, 5.74) is 1.29. The van der Waals surface area contributed by atoms with Crippen molar-refractivity contribution in [2.45, 2.75) is 19.9 Å². The SMILES string of the molecule is Cc1nc(C2COCCN2C(=O)c2c(C)oc3ccccc23)no1. The molecule has 1 fully saturated rings. The Morgan fingerprint density at radius 1 is 1.29 bits per heavy atom. The lowest BCUT2D eigenvalue weighted by molar-refractivity contribution is -0.00576.